The number of esters is 2. The Morgan fingerprint density at radius 2 is 1.46 bits per heavy atom. The zero-order chi connectivity index (χ0) is 32.3. The lowest BCUT2D eigenvalue weighted by Gasteiger charge is -2.27. The van der Waals surface area contributed by atoms with Crippen molar-refractivity contribution in [2.75, 3.05) is 13.1 Å². The van der Waals surface area contributed by atoms with Crippen LogP contribution in [0.3, 0.4) is 0 Å². The first-order chi connectivity index (χ1) is 22.3. The second-order valence-corrected chi connectivity index (χ2v) is 12.2. The number of ether oxygens (including phenoxy) is 2. The van der Waals surface area contributed by atoms with Gasteiger partial charge in [-0.1, -0.05) is 105 Å². The number of carbonyl (C=O) groups is 3. The fourth-order valence-corrected chi connectivity index (χ4v) is 5.69. The van der Waals surface area contributed by atoms with E-state index >= 15 is 0 Å². The maximum atomic E-state index is 13.7. The second-order valence-electron chi connectivity index (χ2n) is 12.2. The average Bonchev–Trinajstić information content (AvgIpc) is 3.54. The number of nitrogens with one attached hydrogen (secondary N) is 1. The Kier molecular flexibility index (Phi) is 11.2. The molecule has 7 nitrogen and oxygen atoms in total. The molecule has 1 aliphatic rings. The van der Waals surface area contributed by atoms with Gasteiger partial charge in [-0.25, -0.2) is 9.59 Å². The fourth-order valence-electron chi connectivity index (χ4n) is 5.69. The number of benzene rings is 4. The van der Waals surface area contributed by atoms with Crippen LogP contribution < -0.4 is 10.1 Å². The van der Waals surface area contributed by atoms with E-state index in [2.05, 4.69) is 5.32 Å². The lowest BCUT2D eigenvalue weighted by molar-refractivity contribution is -0.145. The van der Waals surface area contributed by atoms with Crippen molar-refractivity contribution in [3.05, 3.63) is 125 Å². The van der Waals surface area contributed by atoms with Crippen molar-refractivity contribution in [1.82, 2.24) is 10.2 Å². The molecule has 0 unspecified atom stereocenters. The summed E-state index contributed by atoms with van der Waals surface area (Å²) >= 11 is 0. The van der Waals surface area contributed by atoms with Gasteiger partial charge in [-0.05, 0) is 70.7 Å². The summed E-state index contributed by atoms with van der Waals surface area (Å²) in [6.07, 6.45) is 3.38. The van der Waals surface area contributed by atoms with E-state index in [0.717, 1.165) is 41.5 Å². The number of amides is 2. The van der Waals surface area contributed by atoms with E-state index in [0.29, 0.717) is 12.3 Å². The van der Waals surface area contributed by atoms with E-state index in [1.165, 1.54) is 11.1 Å². The molecule has 7 heteroatoms. The summed E-state index contributed by atoms with van der Waals surface area (Å²) in [6.45, 7) is 4.76. The number of fused-ring (bicyclic) bond motifs is 1. The predicted molar refractivity (Wildman–Crippen MR) is 179 cm³/mol. The quantitative estimate of drug-likeness (QED) is 0.127. The lowest BCUT2D eigenvalue weighted by Crippen LogP contribution is -2.51. The van der Waals surface area contributed by atoms with Gasteiger partial charge in [0.05, 0.1) is 6.42 Å². The third-order valence-electron chi connectivity index (χ3n) is 8.07. The second kappa shape index (κ2) is 15.9. The van der Waals surface area contributed by atoms with E-state index in [9.17, 15) is 14.4 Å². The van der Waals surface area contributed by atoms with Crippen molar-refractivity contribution in [2.45, 2.75) is 58.6 Å². The zero-order valence-corrected chi connectivity index (χ0v) is 26.6. The molecule has 238 valence electrons. The lowest BCUT2D eigenvalue weighted by atomic mass is 10.0. The Labute approximate surface area is 271 Å². The molecular formula is C39H42N2O5. The maximum Gasteiger partial charge on any atom is 0.334 e. The summed E-state index contributed by atoms with van der Waals surface area (Å²) in [4.78, 5) is 41.4. The monoisotopic (exact) mass is 618 g/mol. The summed E-state index contributed by atoms with van der Waals surface area (Å²) in [7, 11) is 0. The van der Waals surface area contributed by atoms with E-state index in [1.54, 1.807) is 4.90 Å². The smallest absolute Gasteiger partial charge is 0.334 e. The Balaban J connectivity index is 1.28. The fraction of sp³-hybridized carbons (Fsp3) is 0.308. The van der Waals surface area contributed by atoms with Crippen LogP contribution in [0.15, 0.2) is 103 Å². The van der Waals surface area contributed by atoms with Gasteiger partial charge in [0.25, 0.3) is 0 Å². The molecule has 5 rings (SSSR count). The highest BCUT2D eigenvalue weighted by molar-refractivity contribution is 5.85. The summed E-state index contributed by atoms with van der Waals surface area (Å²) in [5.74, 6) is -0.306. The van der Waals surface area contributed by atoms with Gasteiger partial charge in [0, 0.05) is 19.5 Å². The van der Waals surface area contributed by atoms with Crippen molar-refractivity contribution < 1.29 is 23.9 Å². The van der Waals surface area contributed by atoms with Crippen LogP contribution in [-0.2, 0) is 40.2 Å². The molecule has 1 N–H and O–H groups in total. The largest absolute Gasteiger partial charge is 0.461 e. The summed E-state index contributed by atoms with van der Waals surface area (Å²) in [6, 6.07) is 31.9. The van der Waals surface area contributed by atoms with Crippen molar-refractivity contribution in [3.8, 4) is 16.9 Å². The van der Waals surface area contributed by atoms with Crippen molar-refractivity contribution in [3.63, 3.8) is 0 Å². The molecule has 0 aliphatic heterocycles. The molecule has 0 radical (unpaired) electrons. The molecule has 0 aromatic heterocycles. The standard InChI is InChI=1S/C39H42N2O5/c1-28(2)26-41(23-22-37(42)45-27-30-10-5-3-6-11-30)39(44)40-36(38(43)46-35-21-20-32-14-9-15-34(32)25-35)24-29-16-18-33(19-17-29)31-12-7-4-8-13-31/h3-8,10-13,16-21,25,28,36H,9,14-15,22-24,26-27H2,1-2H3,(H,40,44)/t36-/m0/s1. The number of urea groups is 1. The van der Waals surface area contributed by atoms with Gasteiger partial charge in [0.2, 0.25) is 0 Å². The third kappa shape index (κ3) is 9.30. The number of rotatable bonds is 13. The van der Waals surface area contributed by atoms with Crippen molar-refractivity contribution >= 4 is 18.0 Å². The molecule has 1 aliphatic carbocycles. The molecule has 46 heavy (non-hydrogen) atoms. The van der Waals surface area contributed by atoms with Crippen LogP contribution in [0.1, 0.15) is 48.9 Å². The molecule has 0 bridgehead atoms. The van der Waals surface area contributed by atoms with Gasteiger partial charge >= 0.3 is 18.0 Å². The summed E-state index contributed by atoms with van der Waals surface area (Å²) < 4.78 is 11.3. The summed E-state index contributed by atoms with van der Waals surface area (Å²) in [5, 5.41) is 2.93. The van der Waals surface area contributed by atoms with Gasteiger partial charge in [-0.2, -0.15) is 0 Å². The number of nitrogens with zero attached hydrogens (tertiary/aromatic N) is 1. The first-order valence-corrected chi connectivity index (χ1v) is 16.1. The highest BCUT2D eigenvalue weighted by Gasteiger charge is 2.27. The van der Waals surface area contributed by atoms with Gasteiger partial charge in [-0.3, -0.25) is 4.79 Å². The molecule has 0 spiro atoms. The molecule has 4 aromatic rings. The van der Waals surface area contributed by atoms with Crippen molar-refractivity contribution in [1.29, 1.82) is 0 Å². The van der Waals surface area contributed by atoms with Crippen LogP contribution >= 0.6 is 0 Å². The van der Waals surface area contributed by atoms with E-state index < -0.39 is 24.0 Å². The minimum absolute atomic E-state index is 0.0398. The molecule has 2 amide bonds. The van der Waals surface area contributed by atoms with Gasteiger partial charge in [0.15, 0.2) is 0 Å². The Bertz CT molecular complexity index is 1600. The first kappa shape index (κ1) is 32.5. The topological polar surface area (TPSA) is 84.9 Å². The molecular weight excluding hydrogens is 576 g/mol. The van der Waals surface area contributed by atoms with Crippen LogP contribution in [0.25, 0.3) is 11.1 Å². The summed E-state index contributed by atoms with van der Waals surface area (Å²) in [5.41, 5.74) is 6.43. The minimum Gasteiger partial charge on any atom is -0.461 e. The van der Waals surface area contributed by atoms with E-state index in [-0.39, 0.29) is 31.9 Å². The molecule has 0 heterocycles. The normalized spacial score (nSPS) is 12.7. The van der Waals surface area contributed by atoms with E-state index in [4.69, 9.17) is 9.47 Å². The Morgan fingerprint density at radius 3 is 2.17 bits per heavy atom. The molecule has 1 atom stereocenters. The molecule has 0 saturated heterocycles. The highest BCUT2D eigenvalue weighted by atomic mass is 16.5. The van der Waals surface area contributed by atoms with Gasteiger partial charge in [-0.15, -0.1) is 0 Å². The zero-order valence-electron chi connectivity index (χ0n) is 26.6. The van der Waals surface area contributed by atoms with Crippen LogP contribution in [0.4, 0.5) is 4.79 Å². The maximum absolute atomic E-state index is 13.7. The average molecular weight is 619 g/mol. The van der Waals surface area contributed by atoms with Gasteiger partial charge < -0.3 is 19.7 Å². The molecule has 4 aromatic carbocycles. The number of carbonyl (C=O) groups excluding carboxylic acids is 3. The number of hydrogen-bond donors (Lipinski definition) is 1. The Morgan fingerprint density at radius 1 is 0.783 bits per heavy atom. The van der Waals surface area contributed by atoms with E-state index in [1.807, 2.05) is 117 Å². The van der Waals surface area contributed by atoms with Crippen LogP contribution in [0, 0.1) is 5.92 Å². The van der Waals surface area contributed by atoms with Crippen LogP contribution in [0.2, 0.25) is 0 Å². The molecule has 0 saturated carbocycles. The SMILES string of the molecule is CC(C)CN(CCC(=O)OCc1ccccc1)C(=O)N[C@@H](Cc1ccc(-c2ccccc2)cc1)C(=O)Oc1ccc2c(c1)CCC2. The van der Waals surface area contributed by atoms with Gasteiger partial charge in [0.1, 0.15) is 18.4 Å². The highest BCUT2D eigenvalue weighted by Crippen LogP contribution is 2.26. The van der Waals surface area contributed by atoms with Crippen LogP contribution in [-0.4, -0.2) is 42.0 Å². The third-order valence-corrected chi connectivity index (χ3v) is 8.07. The van der Waals surface area contributed by atoms with Crippen LogP contribution in [0.5, 0.6) is 5.75 Å². The minimum atomic E-state index is -0.942. The first-order valence-electron chi connectivity index (χ1n) is 16.1. The number of hydrogen-bond acceptors (Lipinski definition) is 5. The molecule has 0 fully saturated rings. The predicted octanol–water partition coefficient (Wildman–Crippen LogP) is 7.16. The number of aryl methyl sites for hydroxylation is 2. The van der Waals surface area contributed by atoms with Crippen molar-refractivity contribution in [2.24, 2.45) is 5.92 Å². The Hall–Kier alpha value is -4.91.